The Hall–Kier alpha value is -3.67. The molecule has 0 rings (SSSR count). The van der Waals surface area contributed by atoms with E-state index in [1.165, 1.54) is 109 Å². The Kier molecular flexibility index (Phi) is 54.9. The average molecular weight is 974 g/mol. The number of unbranched alkanes of at least 4 members (excludes halogenated alkanes) is 25. The third kappa shape index (κ3) is 55.3. The van der Waals surface area contributed by atoms with Crippen LogP contribution in [0.2, 0.25) is 0 Å². The van der Waals surface area contributed by atoms with Gasteiger partial charge in [0.1, 0.15) is 13.2 Å². The molecule has 0 aromatic carbocycles. The summed E-state index contributed by atoms with van der Waals surface area (Å²) in [5.41, 5.74) is 0. The number of allylic oxidation sites excluding steroid dienone is 16. The minimum Gasteiger partial charge on any atom is -0.462 e. The van der Waals surface area contributed by atoms with Gasteiger partial charge in [0.2, 0.25) is 0 Å². The third-order valence-corrected chi connectivity index (χ3v) is 12.3. The van der Waals surface area contributed by atoms with Crippen LogP contribution in [0.3, 0.4) is 0 Å². The van der Waals surface area contributed by atoms with Gasteiger partial charge in [0, 0.05) is 19.3 Å². The molecule has 0 spiro atoms. The Balaban J connectivity index is 4.33. The van der Waals surface area contributed by atoms with Gasteiger partial charge in [0.15, 0.2) is 6.10 Å². The van der Waals surface area contributed by atoms with E-state index in [-0.39, 0.29) is 31.1 Å². The Morgan fingerprint density at radius 2 is 0.571 bits per heavy atom. The zero-order valence-corrected chi connectivity index (χ0v) is 45.8. The fraction of sp³-hybridized carbons (Fsp3) is 0.703. The quantitative estimate of drug-likeness (QED) is 0.0262. The highest BCUT2D eigenvalue weighted by Crippen LogP contribution is 2.15. The van der Waals surface area contributed by atoms with Crippen LogP contribution in [-0.2, 0) is 28.6 Å². The molecular weight excluding hydrogens is 865 g/mol. The second kappa shape index (κ2) is 57.9. The SMILES string of the molecule is CC/C=C\C/C=C\C/C=C\CCCCCC(=O)OCC(COC(=O)CCCCCCCCCCCC/C=C\C/C=C\C/C=C\CCCCCCC)OC(=O)CCCCCCC/C=C\C/C=C\CCCC. The first-order valence-electron chi connectivity index (χ1n) is 29.2. The summed E-state index contributed by atoms with van der Waals surface area (Å²) in [5.74, 6) is -0.942. The van der Waals surface area contributed by atoms with Gasteiger partial charge in [-0.15, -0.1) is 0 Å². The number of ether oxygens (including phenoxy) is 3. The van der Waals surface area contributed by atoms with Crippen molar-refractivity contribution in [1.29, 1.82) is 0 Å². The maximum absolute atomic E-state index is 12.8. The summed E-state index contributed by atoms with van der Waals surface area (Å²) in [6, 6.07) is 0. The molecule has 70 heavy (non-hydrogen) atoms. The van der Waals surface area contributed by atoms with Gasteiger partial charge in [0.25, 0.3) is 0 Å². The predicted octanol–water partition coefficient (Wildman–Crippen LogP) is 19.7. The zero-order chi connectivity index (χ0) is 50.7. The van der Waals surface area contributed by atoms with Crippen molar-refractivity contribution in [2.24, 2.45) is 0 Å². The Bertz CT molecular complexity index is 1400. The lowest BCUT2D eigenvalue weighted by Crippen LogP contribution is -2.30. The molecule has 0 aromatic rings. The van der Waals surface area contributed by atoms with Crippen LogP contribution >= 0.6 is 0 Å². The van der Waals surface area contributed by atoms with E-state index in [1.807, 2.05) is 0 Å². The molecule has 0 bridgehead atoms. The van der Waals surface area contributed by atoms with Crippen LogP contribution in [0.15, 0.2) is 97.2 Å². The van der Waals surface area contributed by atoms with Crippen LogP contribution in [0.4, 0.5) is 0 Å². The van der Waals surface area contributed by atoms with Crippen molar-refractivity contribution in [3.8, 4) is 0 Å². The molecule has 0 aliphatic rings. The van der Waals surface area contributed by atoms with E-state index in [2.05, 4.69) is 118 Å². The fourth-order valence-electron chi connectivity index (χ4n) is 7.89. The third-order valence-electron chi connectivity index (χ3n) is 12.3. The summed E-state index contributed by atoms with van der Waals surface area (Å²) >= 11 is 0. The number of rotatable bonds is 52. The topological polar surface area (TPSA) is 78.9 Å². The number of esters is 3. The largest absolute Gasteiger partial charge is 0.462 e. The van der Waals surface area contributed by atoms with E-state index in [0.717, 1.165) is 122 Å². The number of carbonyl (C=O) groups is 3. The lowest BCUT2D eigenvalue weighted by atomic mass is 10.1. The van der Waals surface area contributed by atoms with Crippen LogP contribution in [-0.4, -0.2) is 37.2 Å². The van der Waals surface area contributed by atoms with E-state index in [4.69, 9.17) is 14.2 Å². The van der Waals surface area contributed by atoms with Crippen LogP contribution < -0.4 is 0 Å². The molecule has 400 valence electrons. The molecule has 6 nitrogen and oxygen atoms in total. The first kappa shape index (κ1) is 66.3. The minimum atomic E-state index is -0.800. The first-order chi connectivity index (χ1) is 34.5. The summed E-state index contributed by atoms with van der Waals surface area (Å²) < 4.78 is 16.8. The van der Waals surface area contributed by atoms with E-state index < -0.39 is 6.10 Å². The van der Waals surface area contributed by atoms with Gasteiger partial charge in [-0.05, 0) is 116 Å². The maximum Gasteiger partial charge on any atom is 0.306 e. The Morgan fingerprint density at radius 3 is 0.929 bits per heavy atom. The highest BCUT2D eigenvalue weighted by molar-refractivity contribution is 5.71. The molecule has 0 radical (unpaired) electrons. The smallest absolute Gasteiger partial charge is 0.306 e. The molecule has 6 heteroatoms. The van der Waals surface area contributed by atoms with Crippen LogP contribution in [0, 0.1) is 0 Å². The number of hydrogen-bond donors (Lipinski definition) is 0. The second-order valence-electron chi connectivity index (χ2n) is 19.2. The zero-order valence-electron chi connectivity index (χ0n) is 45.8. The van der Waals surface area contributed by atoms with Gasteiger partial charge in [-0.25, -0.2) is 0 Å². The van der Waals surface area contributed by atoms with Gasteiger partial charge in [0.05, 0.1) is 0 Å². The molecule has 0 saturated heterocycles. The summed E-state index contributed by atoms with van der Waals surface area (Å²) in [4.78, 5) is 38.1. The minimum absolute atomic E-state index is 0.0953. The van der Waals surface area contributed by atoms with Crippen molar-refractivity contribution in [1.82, 2.24) is 0 Å². The van der Waals surface area contributed by atoms with E-state index in [9.17, 15) is 14.4 Å². The van der Waals surface area contributed by atoms with E-state index in [0.29, 0.717) is 19.3 Å². The second-order valence-corrected chi connectivity index (χ2v) is 19.2. The molecule has 0 aliphatic carbocycles. The standard InChI is InChI=1S/C64H108O6/c1-4-7-10-13-16-19-22-25-27-28-29-30-31-32-33-34-35-36-37-40-42-45-48-51-54-57-63(66)69-60-61(59-68-62(65)56-53-50-47-44-41-38-24-21-18-15-12-9-6-3)70-64(67)58-55-52-49-46-43-39-26-23-20-17-14-11-8-5-2/h9,12,14,17-18,21-23,25-26,28-29,31-32,38,41,61H,4-8,10-11,13,15-16,19-20,24,27,30,33-37,39-40,42-60H2,1-3H3/b12-9-,17-14-,21-18-,25-22-,26-23-,29-28-,32-31-,41-38-. The normalized spacial score (nSPS) is 12.8. The highest BCUT2D eigenvalue weighted by atomic mass is 16.6. The summed E-state index contributed by atoms with van der Waals surface area (Å²) in [5, 5.41) is 0. The fourth-order valence-corrected chi connectivity index (χ4v) is 7.89. The average Bonchev–Trinajstić information content (AvgIpc) is 3.36. The summed E-state index contributed by atoms with van der Waals surface area (Å²) in [6.07, 6.45) is 76.9. The molecule has 0 fully saturated rings. The lowest BCUT2D eigenvalue weighted by molar-refractivity contribution is -0.167. The van der Waals surface area contributed by atoms with E-state index in [1.54, 1.807) is 0 Å². The van der Waals surface area contributed by atoms with E-state index >= 15 is 0 Å². The predicted molar refractivity (Wildman–Crippen MR) is 302 cm³/mol. The molecule has 0 aliphatic heterocycles. The van der Waals surface area contributed by atoms with Crippen molar-refractivity contribution in [3.63, 3.8) is 0 Å². The van der Waals surface area contributed by atoms with Crippen molar-refractivity contribution >= 4 is 17.9 Å². The Labute approximate surface area is 432 Å². The molecule has 0 heterocycles. The van der Waals surface area contributed by atoms with Crippen LogP contribution in [0.1, 0.15) is 271 Å². The maximum atomic E-state index is 12.8. The summed E-state index contributed by atoms with van der Waals surface area (Å²) in [7, 11) is 0. The van der Waals surface area contributed by atoms with Gasteiger partial charge in [-0.3, -0.25) is 14.4 Å². The lowest BCUT2D eigenvalue weighted by Gasteiger charge is -2.18. The molecule has 0 saturated carbocycles. The molecule has 0 N–H and O–H groups in total. The van der Waals surface area contributed by atoms with Gasteiger partial charge in [-0.1, -0.05) is 234 Å². The molecular formula is C64H108O6. The van der Waals surface area contributed by atoms with Crippen molar-refractivity contribution in [2.45, 2.75) is 277 Å². The van der Waals surface area contributed by atoms with Gasteiger partial charge < -0.3 is 14.2 Å². The van der Waals surface area contributed by atoms with Gasteiger partial charge >= 0.3 is 17.9 Å². The first-order valence-corrected chi connectivity index (χ1v) is 29.2. The Morgan fingerprint density at radius 1 is 0.300 bits per heavy atom. The summed E-state index contributed by atoms with van der Waals surface area (Å²) in [6.45, 7) is 6.44. The molecule has 1 unspecified atom stereocenters. The number of hydrogen-bond acceptors (Lipinski definition) is 6. The van der Waals surface area contributed by atoms with Gasteiger partial charge in [-0.2, -0.15) is 0 Å². The van der Waals surface area contributed by atoms with Crippen LogP contribution in [0.25, 0.3) is 0 Å². The molecule has 0 aromatic heterocycles. The number of carbonyl (C=O) groups excluding carboxylic acids is 3. The molecule has 1 atom stereocenters. The van der Waals surface area contributed by atoms with Crippen molar-refractivity contribution in [3.05, 3.63) is 97.2 Å². The molecule has 0 amide bonds. The highest BCUT2D eigenvalue weighted by Gasteiger charge is 2.19. The monoisotopic (exact) mass is 973 g/mol. The van der Waals surface area contributed by atoms with Crippen molar-refractivity contribution < 1.29 is 28.6 Å². The van der Waals surface area contributed by atoms with Crippen LogP contribution in [0.5, 0.6) is 0 Å². The van der Waals surface area contributed by atoms with Crippen molar-refractivity contribution in [2.75, 3.05) is 13.2 Å².